The van der Waals surface area contributed by atoms with Gasteiger partial charge in [-0.2, -0.15) is 0 Å². The van der Waals surface area contributed by atoms with Gasteiger partial charge in [0.1, 0.15) is 17.6 Å². The molecule has 3 rings (SSSR count). The van der Waals surface area contributed by atoms with E-state index < -0.39 is 5.91 Å². The number of ether oxygens (including phenoxy) is 2. The van der Waals surface area contributed by atoms with Crippen LogP contribution in [-0.4, -0.2) is 43.0 Å². The van der Waals surface area contributed by atoms with Crippen LogP contribution in [0.5, 0.6) is 11.5 Å². The van der Waals surface area contributed by atoms with Crippen LogP contribution >= 0.6 is 0 Å². The van der Waals surface area contributed by atoms with E-state index in [1.807, 2.05) is 36.4 Å². The van der Waals surface area contributed by atoms with Crippen molar-refractivity contribution in [1.29, 1.82) is 0 Å². The zero-order valence-electron chi connectivity index (χ0n) is 15.9. The molecule has 0 atom stereocenters. The molecular weight excluding hydrogens is 356 g/mol. The monoisotopic (exact) mass is 380 g/mol. The molecule has 2 aromatic carbocycles. The zero-order valence-corrected chi connectivity index (χ0v) is 15.9. The standard InChI is InChI=1S/C22H24N2O4/c1-3-21(25)24-12-10-16(11-13-24)28-20-14-15(8-9-18(20)22(23)26)17-6-4-5-7-19(17)27-2/h3-9,14,16H,1,10-13H2,2H3,(H2,23,26). The number of methoxy groups -OCH3 is 1. The van der Waals surface area contributed by atoms with Gasteiger partial charge < -0.3 is 20.1 Å². The van der Waals surface area contributed by atoms with E-state index in [-0.39, 0.29) is 12.0 Å². The molecule has 146 valence electrons. The lowest BCUT2D eigenvalue weighted by Gasteiger charge is -2.32. The van der Waals surface area contributed by atoms with Crippen LogP contribution in [-0.2, 0) is 4.79 Å². The van der Waals surface area contributed by atoms with E-state index in [2.05, 4.69) is 6.58 Å². The van der Waals surface area contributed by atoms with E-state index in [4.69, 9.17) is 15.2 Å². The lowest BCUT2D eigenvalue weighted by Crippen LogP contribution is -2.41. The summed E-state index contributed by atoms with van der Waals surface area (Å²) in [5, 5.41) is 0. The highest BCUT2D eigenvalue weighted by Gasteiger charge is 2.24. The molecule has 0 radical (unpaired) electrons. The number of primary amides is 1. The first kappa shape index (κ1) is 19.5. The number of para-hydroxylation sites is 1. The molecule has 1 aliphatic rings. The molecule has 1 saturated heterocycles. The van der Waals surface area contributed by atoms with Gasteiger partial charge in [0, 0.05) is 31.5 Å². The van der Waals surface area contributed by atoms with Crippen molar-refractivity contribution in [1.82, 2.24) is 4.90 Å². The molecule has 0 aromatic heterocycles. The van der Waals surface area contributed by atoms with Gasteiger partial charge in [-0.1, -0.05) is 30.8 Å². The smallest absolute Gasteiger partial charge is 0.252 e. The van der Waals surface area contributed by atoms with Crippen molar-refractivity contribution in [3.05, 3.63) is 60.7 Å². The minimum Gasteiger partial charge on any atom is -0.496 e. The molecule has 1 heterocycles. The lowest BCUT2D eigenvalue weighted by atomic mass is 10.0. The summed E-state index contributed by atoms with van der Waals surface area (Å²) in [5.74, 6) is 0.566. The highest BCUT2D eigenvalue weighted by Crippen LogP contribution is 2.34. The fraction of sp³-hybridized carbons (Fsp3) is 0.273. The normalized spacial score (nSPS) is 14.4. The number of amides is 2. The van der Waals surface area contributed by atoms with Crippen molar-refractivity contribution < 1.29 is 19.1 Å². The van der Waals surface area contributed by atoms with Crippen LogP contribution in [0.3, 0.4) is 0 Å². The molecule has 2 aromatic rings. The maximum Gasteiger partial charge on any atom is 0.252 e. The topological polar surface area (TPSA) is 81.9 Å². The van der Waals surface area contributed by atoms with Crippen LogP contribution in [0.25, 0.3) is 11.1 Å². The van der Waals surface area contributed by atoms with Crippen LogP contribution in [0.1, 0.15) is 23.2 Å². The molecule has 1 aliphatic heterocycles. The van der Waals surface area contributed by atoms with Gasteiger partial charge in [0.05, 0.1) is 12.7 Å². The fourth-order valence-corrected chi connectivity index (χ4v) is 3.38. The molecule has 2 amide bonds. The van der Waals surface area contributed by atoms with Gasteiger partial charge in [0.2, 0.25) is 5.91 Å². The summed E-state index contributed by atoms with van der Waals surface area (Å²) in [6.45, 7) is 4.70. The maximum absolute atomic E-state index is 11.9. The lowest BCUT2D eigenvalue weighted by molar-refractivity contribution is -0.127. The van der Waals surface area contributed by atoms with E-state index in [9.17, 15) is 9.59 Å². The molecule has 2 N–H and O–H groups in total. The Morgan fingerprint density at radius 2 is 1.86 bits per heavy atom. The van der Waals surface area contributed by atoms with Crippen molar-refractivity contribution in [2.75, 3.05) is 20.2 Å². The van der Waals surface area contributed by atoms with E-state index >= 15 is 0 Å². The van der Waals surface area contributed by atoms with Gasteiger partial charge in [0.15, 0.2) is 0 Å². The van der Waals surface area contributed by atoms with Gasteiger partial charge in [-0.25, -0.2) is 0 Å². The number of carbonyl (C=O) groups excluding carboxylic acids is 2. The van der Waals surface area contributed by atoms with Gasteiger partial charge in [0.25, 0.3) is 5.91 Å². The van der Waals surface area contributed by atoms with Gasteiger partial charge in [-0.05, 0) is 29.8 Å². The van der Waals surface area contributed by atoms with Crippen LogP contribution < -0.4 is 15.2 Å². The second kappa shape index (κ2) is 8.61. The summed E-state index contributed by atoms with van der Waals surface area (Å²) < 4.78 is 11.6. The van der Waals surface area contributed by atoms with E-state index in [1.165, 1.54) is 6.08 Å². The average Bonchev–Trinajstić information content (AvgIpc) is 2.73. The fourth-order valence-electron chi connectivity index (χ4n) is 3.38. The van der Waals surface area contributed by atoms with Crippen molar-refractivity contribution in [2.24, 2.45) is 5.73 Å². The Bertz CT molecular complexity index is 886. The third kappa shape index (κ3) is 4.17. The molecule has 6 nitrogen and oxygen atoms in total. The molecule has 0 aliphatic carbocycles. The van der Waals surface area contributed by atoms with Crippen molar-refractivity contribution in [3.63, 3.8) is 0 Å². The average molecular weight is 380 g/mol. The third-order valence-electron chi connectivity index (χ3n) is 4.89. The summed E-state index contributed by atoms with van der Waals surface area (Å²) in [4.78, 5) is 25.3. The molecular formula is C22H24N2O4. The number of carbonyl (C=O) groups is 2. The van der Waals surface area contributed by atoms with Gasteiger partial charge >= 0.3 is 0 Å². The summed E-state index contributed by atoms with van der Waals surface area (Å²) in [5.41, 5.74) is 7.65. The number of benzene rings is 2. The molecule has 1 fully saturated rings. The Balaban J connectivity index is 1.84. The first-order valence-electron chi connectivity index (χ1n) is 9.18. The first-order chi connectivity index (χ1) is 13.5. The van der Waals surface area contributed by atoms with Crippen LogP contribution in [0.2, 0.25) is 0 Å². The summed E-state index contributed by atoms with van der Waals surface area (Å²) in [6.07, 6.45) is 2.58. The first-order valence-corrected chi connectivity index (χ1v) is 9.18. The number of nitrogens with two attached hydrogens (primary N) is 1. The van der Waals surface area contributed by atoms with Crippen LogP contribution in [0.4, 0.5) is 0 Å². The summed E-state index contributed by atoms with van der Waals surface area (Å²) in [7, 11) is 1.62. The van der Waals surface area contributed by atoms with Gasteiger partial charge in [-0.15, -0.1) is 0 Å². The zero-order chi connectivity index (χ0) is 20.1. The molecule has 0 bridgehead atoms. The van der Waals surface area contributed by atoms with E-state index in [1.54, 1.807) is 18.1 Å². The minimum absolute atomic E-state index is 0.0746. The Morgan fingerprint density at radius 1 is 1.14 bits per heavy atom. The maximum atomic E-state index is 11.9. The Labute approximate surface area is 164 Å². The highest BCUT2D eigenvalue weighted by molar-refractivity contribution is 5.96. The minimum atomic E-state index is -0.541. The van der Waals surface area contributed by atoms with E-state index in [0.717, 1.165) is 16.9 Å². The summed E-state index contributed by atoms with van der Waals surface area (Å²) in [6, 6.07) is 13.0. The second-order valence-electron chi connectivity index (χ2n) is 6.62. The largest absolute Gasteiger partial charge is 0.496 e. The highest BCUT2D eigenvalue weighted by atomic mass is 16.5. The van der Waals surface area contributed by atoms with Gasteiger partial charge in [-0.3, -0.25) is 9.59 Å². The van der Waals surface area contributed by atoms with Crippen LogP contribution in [0.15, 0.2) is 55.1 Å². The molecule has 0 spiro atoms. The number of piperidine rings is 1. The number of hydrogen-bond acceptors (Lipinski definition) is 4. The molecule has 0 unspecified atom stereocenters. The number of nitrogens with zero attached hydrogens (tertiary/aromatic N) is 1. The third-order valence-corrected chi connectivity index (χ3v) is 4.89. The van der Waals surface area contributed by atoms with Crippen molar-refractivity contribution >= 4 is 11.8 Å². The number of hydrogen-bond donors (Lipinski definition) is 1. The quantitative estimate of drug-likeness (QED) is 0.781. The van der Waals surface area contributed by atoms with Crippen molar-refractivity contribution in [2.45, 2.75) is 18.9 Å². The van der Waals surface area contributed by atoms with Crippen molar-refractivity contribution in [3.8, 4) is 22.6 Å². The van der Waals surface area contributed by atoms with E-state index in [0.29, 0.717) is 37.2 Å². The Hall–Kier alpha value is -3.28. The predicted octanol–water partition coefficient (Wildman–Crippen LogP) is 3.02. The Morgan fingerprint density at radius 3 is 2.50 bits per heavy atom. The molecule has 0 saturated carbocycles. The predicted molar refractivity (Wildman–Crippen MR) is 107 cm³/mol. The Kier molecular flexibility index (Phi) is 5.99. The molecule has 28 heavy (non-hydrogen) atoms. The SMILES string of the molecule is C=CC(=O)N1CCC(Oc2cc(-c3ccccc3OC)ccc2C(N)=O)CC1. The van der Waals surface area contributed by atoms with Crippen LogP contribution in [0, 0.1) is 0 Å². The summed E-state index contributed by atoms with van der Waals surface area (Å²) >= 11 is 0. The second-order valence-corrected chi connectivity index (χ2v) is 6.62. The number of likely N-dealkylation sites (tertiary alicyclic amines) is 1. The number of rotatable bonds is 6. The molecule has 6 heteroatoms.